The predicted molar refractivity (Wildman–Crippen MR) is 58.6 cm³/mol. The Hall–Kier alpha value is -2.17. The highest BCUT2D eigenvalue weighted by Crippen LogP contribution is 2.19. The largest absolute Gasteiger partial charge is 0.497 e. The molecule has 1 N–H and O–H groups in total. The van der Waals surface area contributed by atoms with E-state index in [0.29, 0.717) is 11.3 Å². The molecule has 1 heterocycles. The van der Waals surface area contributed by atoms with Gasteiger partial charge in [-0.2, -0.15) is 0 Å². The standard InChI is InChI=1S/C12H11NO4/c1-17-8-4-2-7(3-5-8)11(15)9-6-10(14)13-12(9)16/h2-5,9H,6H2,1H3,(H,13,14,16)/t9-/m1/s1. The van der Waals surface area contributed by atoms with Crippen molar-refractivity contribution in [2.75, 3.05) is 7.11 Å². The number of Topliss-reactive ketones (excluding diaryl/α,β-unsaturated/α-hetero) is 1. The van der Waals surface area contributed by atoms with Gasteiger partial charge in [-0.3, -0.25) is 19.7 Å². The van der Waals surface area contributed by atoms with E-state index in [9.17, 15) is 14.4 Å². The Morgan fingerprint density at radius 3 is 2.41 bits per heavy atom. The second-order valence-corrected chi connectivity index (χ2v) is 3.76. The highest BCUT2D eigenvalue weighted by Gasteiger charge is 2.36. The third kappa shape index (κ3) is 2.18. The first-order chi connectivity index (χ1) is 8.11. The molecular formula is C12H11NO4. The third-order valence-electron chi connectivity index (χ3n) is 2.66. The van der Waals surface area contributed by atoms with Crippen LogP contribution in [0.1, 0.15) is 16.8 Å². The molecule has 2 amide bonds. The van der Waals surface area contributed by atoms with Gasteiger partial charge in [0.05, 0.1) is 7.11 Å². The maximum absolute atomic E-state index is 11.9. The number of benzene rings is 1. The monoisotopic (exact) mass is 233 g/mol. The van der Waals surface area contributed by atoms with Crippen molar-refractivity contribution >= 4 is 17.6 Å². The quantitative estimate of drug-likeness (QED) is 0.470. The normalized spacial score (nSPS) is 19.0. The van der Waals surface area contributed by atoms with Crippen molar-refractivity contribution in [2.45, 2.75) is 6.42 Å². The van der Waals surface area contributed by atoms with Crippen LogP contribution in [0.5, 0.6) is 5.75 Å². The molecule has 0 aliphatic carbocycles. The van der Waals surface area contributed by atoms with Gasteiger partial charge in [0.2, 0.25) is 11.8 Å². The second-order valence-electron chi connectivity index (χ2n) is 3.76. The van der Waals surface area contributed by atoms with Gasteiger partial charge in [0.15, 0.2) is 5.78 Å². The SMILES string of the molecule is COc1ccc(C(=O)[C@H]2CC(=O)NC2=O)cc1. The van der Waals surface area contributed by atoms with E-state index in [1.165, 1.54) is 7.11 Å². The Morgan fingerprint density at radius 2 is 1.94 bits per heavy atom. The van der Waals surface area contributed by atoms with Crippen molar-refractivity contribution < 1.29 is 19.1 Å². The molecule has 0 spiro atoms. The first-order valence-electron chi connectivity index (χ1n) is 5.14. The molecule has 1 fully saturated rings. The molecule has 1 aromatic carbocycles. The summed E-state index contributed by atoms with van der Waals surface area (Å²) in [5, 5.41) is 2.12. The number of hydrogen-bond donors (Lipinski definition) is 1. The molecule has 5 heteroatoms. The fraction of sp³-hybridized carbons (Fsp3) is 0.250. The van der Waals surface area contributed by atoms with Gasteiger partial charge in [-0.15, -0.1) is 0 Å². The Morgan fingerprint density at radius 1 is 1.29 bits per heavy atom. The molecular weight excluding hydrogens is 222 g/mol. The number of hydrogen-bond acceptors (Lipinski definition) is 4. The Kier molecular flexibility index (Phi) is 2.91. The summed E-state index contributed by atoms with van der Waals surface area (Å²) >= 11 is 0. The first kappa shape index (κ1) is 11.3. The van der Waals surface area contributed by atoms with Gasteiger partial charge < -0.3 is 4.74 Å². The van der Waals surface area contributed by atoms with Crippen LogP contribution >= 0.6 is 0 Å². The van der Waals surface area contributed by atoms with Crippen molar-refractivity contribution in [1.29, 1.82) is 0 Å². The molecule has 1 aliphatic rings. The third-order valence-corrected chi connectivity index (χ3v) is 2.66. The molecule has 0 aromatic heterocycles. The molecule has 0 unspecified atom stereocenters. The lowest BCUT2D eigenvalue weighted by molar-refractivity contribution is -0.125. The topological polar surface area (TPSA) is 72.5 Å². The van der Waals surface area contributed by atoms with E-state index in [2.05, 4.69) is 5.32 Å². The fourth-order valence-corrected chi connectivity index (χ4v) is 1.72. The minimum atomic E-state index is -0.893. The van der Waals surface area contributed by atoms with E-state index in [1.807, 2.05) is 0 Å². The average Bonchev–Trinajstić information content (AvgIpc) is 2.68. The highest BCUT2D eigenvalue weighted by atomic mass is 16.5. The molecule has 88 valence electrons. The molecule has 1 saturated heterocycles. The first-order valence-corrected chi connectivity index (χ1v) is 5.14. The zero-order chi connectivity index (χ0) is 12.4. The van der Waals surface area contributed by atoms with Gasteiger partial charge in [-0.05, 0) is 24.3 Å². The van der Waals surface area contributed by atoms with E-state index in [-0.39, 0.29) is 12.2 Å². The Balaban J connectivity index is 2.19. The maximum Gasteiger partial charge on any atom is 0.238 e. The lowest BCUT2D eigenvalue weighted by Gasteiger charge is -2.05. The van der Waals surface area contributed by atoms with Crippen molar-refractivity contribution in [2.24, 2.45) is 5.92 Å². The van der Waals surface area contributed by atoms with Crippen LogP contribution < -0.4 is 10.1 Å². The number of ketones is 1. The van der Waals surface area contributed by atoms with E-state index >= 15 is 0 Å². The van der Waals surface area contributed by atoms with Crippen LogP contribution in [0, 0.1) is 5.92 Å². The Labute approximate surface area is 97.8 Å². The van der Waals surface area contributed by atoms with Crippen molar-refractivity contribution in [3.8, 4) is 5.75 Å². The van der Waals surface area contributed by atoms with Gasteiger partial charge in [-0.1, -0.05) is 0 Å². The summed E-state index contributed by atoms with van der Waals surface area (Å²) < 4.78 is 4.97. The minimum absolute atomic E-state index is 0.0658. The fourth-order valence-electron chi connectivity index (χ4n) is 1.72. The van der Waals surface area contributed by atoms with Crippen LogP contribution in [0.4, 0.5) is 0 Å². The lowest BCUT2D eigenvalue weighted by atomic mass is 9.96. The van der Waals surface area contributed by atoms with Crippen LogP contribution in [-0.4, -0.2) is 24.7 Å². The molecule has 0 saturated carbocycles. The molecule has 17 heavy (non-hydrogen) atoms. The lowest BCUT2D eigenvalue weighted by Crippen LogP contribution is -2.26. The summed E-state index contributed by atoms with van der Waals surface area (Å²) in [6.45, 7) is 0. The van der Waals surface area contributed by atoms with E-state index in [1.54, 1.807) is 24.3 Å². The van der Waals surface area contributed by atoms with E-state index < -0.39 is 17.7 Å². The van der Waals surface area contributed by atoms with Crippen LogP contribution in [0.25, 0.3) is 0 Å². The van der Waals surface area contributed by atoms with Crippen LogP contribution in [0.2, 0.25) is 0 Å². The van der Waals surface area contributed by atoms with Gasteiger partial charge in [-0.25, -0.2) is 0 Å². The smallest absolute Gasteiger partial charge is 0.238 e. The Bertz CT molecular complexity index is 478. The van der Waals surface area contributed by atoms with Crippen LogP contribution in [0.3, 0.4) is 0 Å². The maximum atomic E-state index is 11.9. The number of rotatable bonds is 3. The molecule has 1 aliphatic heterocycles. The van der Waals surface area contributed by atoms with Crippen LogP contribution in [0.15, 0.2) is 24.3 Å². The molecule has 2 rings (SSSR count). The summed E-state index contributed by atoms with van der Waals surface area (Å²) in [4.78, 5) is 34.3. The molecule has 0 bridgehead atoms. The summed E-state index contributed by atoms with van der Waals surface area (Å²) in [6.07, 6.45) is -0.0658. The number of carbonyl (C=O) groups is 3. The predicted octanol–water partition coefficient (Wildman–Crippen LogP) is 0.541. The number of ether oxygens (including phenoxy) is 1. The number of carbonyl (C=O) groups excluding carboxylic acids is 3. The summed E-state index contributed by atoms with van der Waals surface area (Å²) in [5.41, 5.74) is 0.403. The molecule has 0 radical (unpaired) electrons. The zero-order valence-electron chi connectivity index (χ0n) is 9.23. The average molecular weight is 233 g/mol. The number of imide groups is 1. The van der Waals surface area contributed by atoms with Crippen molar-refractivity contribution in [3.63, 3.8) is 0 Å². The molecule has 1 aromatic rings. The number of methoxy groups -OCH3 is 1. The minimum Gasteiger partial charge on any atom is -0.497 e. The summed E-state index contributed by atoms with van der Waals surface area (Å²) in [5.74, 6) is -1.52. The summed E-state index contributed by atoms with van der Waals surface area (Å²) in [6, 6.07) is 6.44. The molecule has 5 nitrogen and oxygen atoms in total. The number of amides is 2. The van der Waals surface area contributed by atoms with Crippen molar-refractivity contribution in [1.82, 2.24) is 5.32 Å². The summed E-state index contributed by atoms with van der Waals surface area (Å²) in [7, 11) is 1.53. The van der Waals surface area contributed by atoms with Crippen LogP contribution in [-0.2, 0) is 9.59 Å². The van der Waals surface area contributed by atoms with Gasteiger partial charge in [0.25, 0.3) is 0 Å². The molecule has 1 atom stereocenters. The van der Waals surface area contributed by atoms with Gasteiger partial charge >= 0.3 is 0 Å². The number of nitrogens with one attached hydrogen (secondary N) is 1. The van der Waals surface area contributed by atoms with Gasteiger partial charge in [0.1, 0.15) is 11.7 Å². The van der Waals surface area contributed by atoms with Crippen molar-refractivity contribution in [3.05, 3.63) is 29.8 Å². The second kappa shape index (κ2) is 4.37. The highest BCUT2D eigenvalue weighted by molar-refractivity contribution is 6.18. The zero-order valence-corrected chi connectivity index (χ0v) is 9.23. The van der Waals surface area contributed by atoms with Gasteiger partial charge in [0, 0.05) is 12.0 Å². The van der Waals surface area contributed by atoms with E-state index in [4.69, 9.17) is 4.74 Å². The van der Waals surface area contributed by atoms with E-state index in [0.717, 1.165) is 0 Å².